The van der Waals surface area contributed by atoms with Gasteiger partial charge in [-0.2, -0.15) is 5.26 Å². The highest BCUT2D eigenvalue weighted by atomic mass is 32.2. The molecule has 1 aliphatic heterocycles. The molecule has 2 atom stereocenters. The Kier molecular flexibility index (Phi) is 4.52. The molecule has 2 unspecified atom stereocenters. The fraction of sp³-hybridized carbons (Fsp3) is 0.889. The molecule has 1 fully saturated rings. The maximum atomic E-state index is 11.7. The molecule has 1 saturated heterocycles. The molecule has 0 amide bonds. The Balaban J connectivity index is 2.75. The van der Waals surface area contributed by atoms with E-state index in [1.807, 2.05) is 0 Å². The molecule has 0 saturated carbocycles. The summed E-state index contributed by atoms with van der Waals surface area (Å²) >= 11 is 0. The molecule has 1 aliphatic rings. The van der Waals surface area contributed by atoms with Gasteiger partial charge in [-0.3, -0.25) is 0 Å². The van der Waals surface area contributed by atoms with Crippen LogP contribution in [0.4, 0.5) is 0 Å². The molecule has 0 aliphatic carbocycles. The van der Waals surface area contributed by atoms with Crippen LogP contribution in [0.3, 0.4) is 0 Å². The van der Waals surface area contributed by atoms with Gasteiger partial charge >= 0.3 is 0 Å². The van der Waals surface area contributed by atoms with Crippen LogP contribution >= 0.6 is 0 Å². The van der Waals surface area contributed by atoms with E-state index in [9.17, 15) is 16.8 Å². The van der Waals surface area contributed by atoms with E-state index in [0.29, 0.717) is 12.8 Å². The molecule has 0 aromatic heterocycles. The summed E-state index contributed by atoms with van der Waals surface area (Å²) in [6.45, 7) is 1.60. The van der Waals surface area contributed by atoms with Crippen LogP contribution < -0.4 is 4.72 Å². The molecule has 1 rings (SSSR count). The lowest BCUT2D eigenvalue weighted by atomic mass is 10.2. The quantitative estimate of drug-likeness (QED) is 0.767. The van der Waals surface area contributed by atoms with Crippen LogP contribution in [0, 0.1) is 11.3 Å². The third-order valence-corrected chi connectivity index (χ3v) is 6.35. The Morgan fingerprint density at radius 3 is 2.65 bits per heavy atom. The predicted octanol–water partition coefficient (Wildman–Crippen LogP) is -0.215. The highest BCUT2D eigenvalue weighted by molar-refractivity contribution is 7.92. The number of hydrogen-bond donors (Lipinski definition) is 1. The van der Waals surface area contributed by atoms with Gasteiger partial charge in [0.2, 0.25) is 10.0 Å². The van der Waals surface area contributed by atoms with Crippen molar-refractivity contribution >= 4 is 19.9 Å². The average Bonchev–Trinajstić information content (AvgIpc) is 2.16. The van der Waals surface area contributed by atoms with E-state index >= 15 is 0 Å². The minimum atomic E-state index is -3.75. The summed E-state index contributed by atoms with van der Waals surface area (Å²) in [5.41, 5.74) is 0. The van der Waals surface area contributed by atoms with Crippen molar-refractivity contribution in [2.75, 3.05) is 11.5 Å². The van der Waals surface area contributed by atoms with E-state index in [-0.39, 0.29) is 17.9 Å². The maximum Gasteiger partial charge on any atom is 0.228 e. The monoisotopic (exact) mass is 280 g/mol. The van der Waals surface area contributed by atoms with Gasteiger partial charge in [0, 0.05) is 6.04 Å². The molecule has 0 aromatic carbocycles. The topological polar surface area (TPSA) is 104 Å². The molecule has 1 heterocycles. The standard InChI is InChI=1S/C9H16N2O4S2/c1-2-9(6-10)17(14,15)11-8-4-3-5-16(12,13)7-8/h8-9,11H,2-5,7H2,1H3. The van der Waals surface area contributed by atoms with Crippen LogP contribution in [0.2, 0.25) is 0 Å². The summed E-state index contributed by atoms with van der Waals surface area (Å²) in [6.07, 6.45) is 1.14. The van der Waals surface area contributed by atoms with Crippen molar-refractivity contribution in [2.45, 2.75) is 37.5 Å². The van der Waals surface area contributed by atoms with Gasteiger partial charge in [-0.25, -0.2) is 21.6 Å². The Hall–Kier alpha value is -0.650. The van der Waals surface area contributed by atoms with E-state index in [2.05, 4.69) is 4.72 Å². The summed E-state index contributed by atoms with van der Waals surface area (Å²) in [5.74, 6) is -0.0607. The summed E-state index contributed by atoms with van der Waals surface area (Å²) in [5, 5.41) is 7.59. The van der Waals surface area contributed by atoms with Crippen molar-refractivity contribution in [1.82, 2.24) is 4.72 Å². The van der Waals surface area contributed by atoms with Crippen LogP contribution in [0.5, 0.6) is 0 Å². The zero-order chi connectivity index (χ0) is 13.1. The first-order chi connectivity index (χ1) is 7.80. The van der Waals surface area contributed by atoms with Crippen molar-refractivity contribution in [2.24, 2.45) is 0 Å². The number of nitrogens with one attached hydrogen (secondary N) is 1. The van der Waals surface area contributed by atoms with Crippen LogP contribution in [0.15, 0.2) is 0 Å². The van der Waals surface area contributed by atoms with E-state index < -0.39 is 31.2 Å². The molecule has 6 nitrogen and oxygen atoms in total. The average molecular weight is 280 g/mol. The molecule has 0 bridgehead atoms. The van der Waals surface area contributed by atoms with Gasteiger partial charge in [0.25, 0.3) is 0 Å². The van der Waals surface area contributed by atoms with Crippen molar-refractivity contribution in [3.63, 3.8) is 0 Å². The fourth-order valence-electron chi connectivity index (χ4n) is 1.81. The summed E-state index contributed by atoms with van der Waals surface area (Å²) in [7, 11) is -6.90. The van der Waals surface area contributed by atoms with Crippen LogP contribution in [-0.2, 0) is 19.9 Å². The van der Waals surface area contributed by atoms with Crippen molar-refractivity contribution in [1.29, 1.82) is 5.26 Å². The number of nitriles is 1. The fourth-order valence-corrected chi connectivity index (χ4v) is 4.96. The Morgan fingerprint density at radius 2 is 2.18 bits per heavy atom. The van der Waals surface area contributed by atoms with Crippen LogP contribution in [-0.4, -0.2) is 39.6 Å². The smallest absolute Gasteiger partial charge is 0.228 e. The van der Waals surface area contributed by atoms with Gasteiger partial charge in [0.1, 0.15) is 0 Å². The molecular weight excluding hydrogens is 264 g/mol. The number of hydrogen-bond acceptors (Lipinski definition) is 5. The first-order valence-corrected chi connectivity index (χ1v) is 8.78. The lowest BCUT2D eigenvalue weighted by Crippen LogP contribution is -2.46. The molecule has 8 heteroatoms. The van der Waals surface area contributed by atoms with Crippen molar-refractivity contribution < 1.29 is 16.8 Å². The summed E-state index contributed by atoms with van der Waals surface area (Å²) in [4.78, 5) is 0. The molecule has 0 radical (unpaired) electrons. The number of sulfonamides is 1. The van der Waals surface area contributed by atoms with E-state index in [1.165, 1.54) is 0 Å². The lowest BCUT2D eigenvalue weighted by molar-refractivity contribution is 0.514. The second-order valence-corrected chi connectivity index (χ2v) is 8.27. The van der Waals surface area contributed by atoms with Crippen molar-refractivity contribution in [3.05, 3.63) is 0 Å². The minimum Gasteiger partial charge on any atom is -0.229 e. The molecule has 0 spiro atoms. The zero-order valence-corrected chi connectivity index (χ0v) is 11.2. The molecular formula is C9H16N2O4S2. The predicted molar refractivity (Wildman–Crippen MR) is 63.4 cm³/mol. The van der Waals surface area contributed by atoms with Gasteiger partial charge < -0.3 is 0 Å². The Labute approximate surface area is 102 Å². The summed E-state index contributed by atoms with van der Waals surface area (Å²) < 4.78 is 48.5. The maximum absolute atomic E-state index is 11.7. The lowest BCUT2D eigenvalue weighted by Gasteiger charge is -2.23. The number of rotatable bonds is 4. The van der Waals surface area contributed by atoms with Gasteiger partial charge in [0.05, 0.1) is 17.6 Å². The second kappa shape index (κ2) is 5.33. The Bertz CT molecular complexity index is 504. The third-order valence-electron chi connectivity index (χ3n) is 2.68. The Morgan fingerprint density at radius 1 is 1.53 bits per heavy atom. The second-order valence-electron chi connectivity index (χ2n) is 4.14. The van der Waals surface area contributed by atoms with Crippen LogP contribution in [0.25, 0.3) is 0 Å². The van der Waals surface area contributed by atoms with Gasteiger partial charge in [-0.05, 0) is 19.3 Å². The van der Waals surface area contributed by atoms with Gasteiger partial charge in [0.15, 0.2) is 15.1 Å². The largest absolute Gasteiger partial charge is 0.229 e. The normalized spacial score (nSPS) is 26.0. The highest BCUT2D eigenvalue weighted by Gasteiger charge is 2.31. The van der Waals surface area contributed by atoms with Gasteiger partial charge in [-0.15, -0.1) is 0 Å². The highest BCUT2D eigenvalue weighted by Crippen LogP contribution is 2.14. The molecule has 98 valence electrons. The van der Waals surface area contributed by atoms with E-state index in [1.54, 1.807) is 13.0 Å². The zero-order valence-electron chi connectivity index (χ0n) is 9.59. The van der Waals surface area contributed by atoms with E-state index in [0.717, 1.165) is 0 Å². The molecule has 17 heavy (non-hydrogen) atoms. The number of nitrogens with zero attached hydrogens (tertiary/aromatic N) is 1. The third kappa shape index (κ3) is 3.94. The SMILES string of the molecule is CCC(C#N)S(=O)(=O)NC1CCCS(=O)(=O)C1. The van der Waals surface area contributed by atoms with E-state index in [4.69, 9.17) is 5.26 Å². The first kappa shape index (κ1) is 14.4. The first-order valence-electron chi connectivity index (χ1n) is 5.42. The van der Waals surface area contributed by atoms with Crippen LogP contribution in [0.1, 0.15) is 26.2 Å². The summed E-state index contributed by atoms with van der Waals surface area (Å²) in [6, 6.07) is 1.11. The van der Waals surface area contributed by atoms with Crippen molar-refractivity contribution in [3.8, 4) is 6.07 Å². The molecule has 1 N–H and O–H groups in total. The minimum absolute atomic E-state index is 0.112. The molecule has 0 aromatic rings. The number of sulfone groups is 1. The van der Waals surface area contributed by atoms with Gasteiger partial charge in [-0.1, -0.05) is 6.92 Å².